The van der Waals surface area contributed by atoms with Gasteiger partial charge in [0.15, 0.2) is 0 Å². The maximum absolute atomic E-state index is 11.2. The predicted octanol–water partition coefficient (Wildman–Crippen LogP) is 4.38. The Labute approximate surface area is 122 Å². The number of hydrogen-bond donors (Lipinski definition) is 2. The van der Waals surface area contributed by atoms with E-state index in [0.29, 0.717) is 29.1 Å². The molecule has 2 unspecified atom stereocenters. The smallest absolute Gasteiger partial charge is 0.337 e. The standard InChI is InChI=1S/C15H20BrNO2/c1-9-5-10(2)7-12(6-9)17-14-8-11(16)3-4-13(14)15(18)19/h3-4,8-10,12,17H,5-7H2,1-2H3,(H,18,19). The topological polar surface area (TPSA) is 49.3 Å². The molecule has 1 aromatic rings. The second kappa shape index (κ2) is 5.95. The van der Waals surface area contributed by atoms with Crippen LogP contribution >= 0.6 is 15.9 Å². The van der Waals surface area contributed by atoms with Crippen LogP contribution in [0.5, 0.6) is 0 Å². The molecule has 2 rings (SSSR count). The van der Waals surface area contributed by atoms with E-state index in [1.807, 2.05) is 6.07 Å². The molecule has 0 aromatic heterocycles. The molecule has 0 heterocycles. The lowest BCUT2D eigenvalue weighted by atomic mass is 9.80. The Bertz CT molecular complexity index is 465. The number of carboxylic acid groups (broad SMARTS) is 1. The highest BCUT2D eigenvalue weighted by molar-refractivity contribution is 9.10. The van der Waals surface area contributed by atoms with Gasteiger partial charge in [0.25, 0.3) is 0 Å². The molecule has 0 bridgehead atoms. The average Bonchev–Trinajstić information content (AvgIpc) is 2.26. The number of aromatic carboxylic acids is 1. The van der Waals surface area contributed by atoms with Crippen molar-refractivity contribution >= 4 is 27.6 Å². The molecule has 1 aliphatic rings. The van der Waals surface area contributed by atoms with Crippen molar-refractivity contribution in [3.8, 4) is 0 Å². The van der Waals surface area contributed by atoms with Crippen molar-refractivity contribution in [2.24, 2.45) is 11.8 Å². The van der Waals surface area contributed by atoms with Crippen molar-refractivity contribution in [2.75, 3.05) is 5.32 Å². The van der Waals surface area contributed by atoms with Crippen LogP contribution in [0.1, 0.15) is 43.5 Å². The van der Waals surface area contributed by atoms with Gasteiger partial charge < -0.3 is 10.4 Å². The van der Waals surface area contributed by atoms with Gasteiger partial charge in [-0.15, -0.1) is 0 Å². The molecule has 0 saturated heterocycles. The number of rotatable bonds is 3. The van der Waals surface area contributed by atoms with Crippen molar-refractivity contribution in [3.63, 3.8) is 0 Å². The minimum absolute atomic E-state index is 0.342. The van der Waals surface area contributed by atoms with Crippen LogP contribution in [0.4, 0.5) is 5.69 Å². The average molecular weight is 326 g/mol. The summed E-state index contributed by atoms with van der Waals surface area (Å²) in [6.07, 6.45) is 3.48. The number of benzene rings is 1. The molecule has 1 fully saturated rings. The zero-order chi connectivity index (χ0) is 14.0. The maximum atomic E-state index is 11.2. The first-order chi connectivity index (χ1) is 8.95. The van der Waals surface area contributed by atoms with Gasteiger partial charge in [0.05, 0.1) is 11.3 Å². The summed E-state index contributed by atoms with van der Waals surface area (Å²) in [5.41, 5.74) is 1.06. The third-order valence-electron chi connectivity index (χ3n) is 3.75. The molecule has 1 aliphatic carbocycles. The largest absolute Gasteiger partial charge is 0.478 e. The minimum Gasteiger partial charge on any atom is -0.478 e. The number of anilines is 1. The van der Waals surface area contributed by atoms with Crippen LogP contribution in [0.2, 0.25) is 0 Å². The summed E-state index contributed by atoms with van der Waals surface area (Å²) >= 11 is 3.40. The van der Waals surface area contributed by atoms with Crippen molar-refractivity contribution in [2.45, 2.75) is 39.2 Å². The van der Waals surface area contributed by atoms with E-state index in [9.17, 15) is 9.90 Å². The summed E-state index contributed by atoms with van der Waals surface area (Å²) in [5.74, 6) is 0.510. The number of carboxylic acids is 1. The molecule has 1 saturated carbocycles. The first-order valence-corrected chi connectivity index (χ1v) is 7.54. The van der Waals surface area contributed by atoms with E-state index >= 15 is 0 Å². The minimum atomic E-state index is -0.882. The Morgan fingerprint density at radius 1 is 1.26 bits per heavy atom. The molecule has 19 heavy (non-hydrogen) atoms. The van der Waals surface area contributed by atoms with Gasteiger partial charge in [-0.25, -0.2) is 4.79 Å². The first-order valence-electron chi connectivity index (χ1n) is 6.75. The van der Waals surface area contributed by atoms with Gasteiger partial charge in [-0.1, -0.05) is 29.8 Å². The highest BCUT2D eigenvalue weighted by atomic mass is 79.9. The molecular weight excluding hydrogens is 306 g/mol. The Kier molecular flexibility index (Phi) is 4.50. The Hall–Kier alpha value is -1.03. The zero-order valence-electron chi connectivity index (χ0n) is 11.3. The van der Waals surface area contributed by atoms with Gasteiger partial charge in [-0.2, -0.15) is 0 Å². The summed E-state index contributed by atoms with van der Waals surface area (Å²) < 4.78 is 0.900. The first kappa shape index (κ1) is 14.4. The molecule has 1 aromatic carbocycles. The Morgan fingerprint density at radius 3 is 2.47 bits per heavy atom. The molecule has 3 nitrogen and oxygen atoms in total. The van der Waals surface area contributed by atoms with E-state index in [2.05, 4.69) is 35.1 Å². The normalized spacial score (nSPS) is 27.0. The van der Waals surface area contributed by atoms with Crippen molar-refractivity contribution in [1.82, 2.24) is 0 Å². The van der Waals surface area contributed by atoms with Crippen LogP contribution in [0.15, 0.2) is 22.7 Å². The quantitative estimate of drug-likeness (QED) is 0.866. The van der Waals surface area contributed by atoms with E-state index < -0.39 is 5.97 Å². The maximum Gasteiger partial charge on any atom is 0.337 e. The van der Waals surface area contributed by atoms with Crippen LogP contribution in [0.25, 0.3) is 0 Å². The molecule has 0 radical (unpaired) electrons. The lowest BCUT2D eigenvalue weighted by Crippen LogP contribution is -2.30. The molecule has 0 spiro atoms. The van der Waals surface area contributed by atoms with Gasteiger partial charge >= 0.3 is 5.97 Å². The summed E-state index contributed by atoms with van der Waals surface area (Å²) in [4.78, 5) is 11.2. The third-order valence-corrected chi connectivity index (χ3v) is 4.24. The van der Waals surface area contributed by atoms with Gasteiger partial charge in [0.2, 0.25) is 0 Å². The number of halogens is 1. The SMILES string of the molecule is CC1CC(C)CC(Nc2cc(Br)ccc2C(=O)O)C1. The molecule has 4 heteroatoms. The highest BCUT2D eigenvalue weighted by Crippen LogP contribution is 2.32. The van der Waals surface area contributed by atoms with Crippen molar-refractivity contribution in [3.05, 3.63) is 28.2 Å². The molecular formula is C15H20BrNO2. The van der Waals surface area contributed by atoms with E-state index in [4.69, 9.17) is 0 Å². The van der Waals surface area contributed by atoms with Gasteiger partial charge in [-0.05, 0) is 49.3 Å². The van der Waals surface area contributed by atoms with E-state index in [-0.39, 0.29) is 0 Å². The second-order valence-corrected chi connectivity index (χ2v) is 6.67. The predicted molar refractivity (Wildman–Crippen MR) is 80.7 cm³/mol. The van der Waals surface area contributed by atoms with E-state index in [0.717, 1.165) is 17.3 Å². The number of nitrogens with one attached hydrogen (secondary N) is 1. The van der Waals surface area contributed by atoms with Crippen LogP contribution < -0.4 is 5.32 Å². The Morgan fingerprint density at radius 2 is 1.89 bits per heavy atom. The lowest BCUT2D eigenvalue weighted by molar-refractivity contribution is 0.0698. The van der Waals surface area contributed by atoms with Crippen molar-refractivity contribution < 1.29 is 9.90 Å². The molecule has 2 atom stereocenters. The fourth-order valence-electron chi connectivity index (χ4n) is 3.11. The number of carbonyl (C=O) groups is 1. The molecule has 104 valence electrons. The molecule has 2 N–H and O–H groups in total. The summed E-state index contributed by atoms with van der Waals surface area (Å²) in [6, 6.07) is 5.63. The number of hydrogen-bond acceptors (Lipinski definition) is 2. The summed E-state index contributed by atoms with van der Waals surface area (Å²) in [5, 5.41) is 12.7. The third kappa shape index (κ3) is 3.72. The van der Waals surface area contributed by atoms with Gasteiger partial charge in [0, 0.05) is 10.5 Å². The van der Waals surface area contributed by atoms with Gasteiger partial charge in [0.1, 0.15) is 0 Å². The monoisotopic (exact) mass is 325 g/mol. The van der Waals surface area contributed by atoms with Crippen LogP contribution in [0, 0.1) is 11.8 Å². The second-order valence-electron chi connectivity index (χ2n) is 5.75. The highest BCUT2D eigenvalue weighted by Gasteiger charge is 2.24. The lowest BCUT2D eigenvalue weighted by Gasteiger charge is -2.33. The Balaban J connectivity index is 2.18. The van der Waals surface area contributed by atoms with Crippen molar-refractivity contribution in [1.29, 1.82) is 0 Å². The van der Waals surface area contributed by atoms with Crippen LogP contribution in [-0.2, 0) is 0 Å². The van der Waals surface area contributed by atoms with Gasteiger partial charge in [-0.3, -0.25) is 0 Å². The zero-order valence-corrected chi connectivity index (χ0v) is 12.9. The fraction of sp³-hybridized carbons (Fsp3) is 0.533. The van der Waals surface area contributed by atoms with Crippen LogP contribution in [-0.4, -0.2) is 17.1 Å². The van der Waals surface area contributed by atoms with E-state index in [1.165, 1.54) is 6.42 Å². The van der Waals surface area contributed by atoms with Crippen LogP contribution in [0.3, 0.4) is 0 Å². The fourth-order valence-corrected chi connectivity index (χ4v) is 3.47. The van der Waals surface area contributed by atoms with E-state index in [1.54, 1.807) is 12.1 Å². The molecule has 0 amide bonds. The summed E-state index contributed by atoms with van der Waals surface area (Å²) in [6.45, 7) is 4.53. The molecule has 0 aliphatic heterocycles. The summed E-state index contributed by atoms with van der Waals surface area (Å²) in [7, 11) is 0.